The van der Waals surface area contributed by atoms with Crippen molar-refractivity contribution in [3.8, 4) is 0 Å². The summed E-state index contributed by atoms with van der Waals surface area (Å²) in [6, 6.07) is 0. The number of ether oxygens (including phenoxy) is 9. The van der Waals surface area contributed by atoms with Crippen LogP contribution in [0.5, 0.6) is 0 Å². The summed E-state index contributed by atoms with van der Waals surface area (Å²) < 4.78 is 48.8. The highest BCUT2D eigenvalue weighted by molar-refractivity contribution is 4.53. The first kappa shape index (κ1) is 28.6. The highest BCUT2D eigenvalue weighted by Gasteiger charge is 2.13. The van der Waals surface area contributed by atoms with Crippen LogP contribution in [0.3, 0.4) is 0 Å². The van der Waals surface area contributed by atoms with Crippen LogP contribution in [0.2, 0.25) is 0 Å². The smallest absolute Gasteiger partial charge is 0.157 e. The van der Waals surface area contributed by atoms with E-state index in [1.54, 1.807) is 0 Å². The summed E-state index contributed by atoms with van der Waals surface area (Å²) in [4.78, 5) is 0. The predicted octanol–water partition coefficient (Wildman–Crippen LogP) is 0.605. The van der Waals surface area contributed by atoms with Gasteiger partial charge in [0.05, 0.1) is 99.1 Å². The first-order valence-electron chi connectivity index (χ1n) is 11.4. The van der Waals surface area contributed by atoms with Gasteiger partial charge in [-0.2, -0.15) is 0 Å². The molecule has 10 heteroatoms. The Kier molecular flexibility index (Phi) is 22.4. The Labute approximate surface area is 186 Å². The van der Waals surface area contributed by atoms with E-state index in [4.69, 9.17) is 48.4 Å². The zero-order valence-corrected chi connectivity index (χ0v) is 19.0. The quantitative estimate of drug-likeness (QED) is 0.209. The molecule has 0 spiro atoms. The van der Waals surface area contributed by atoms with Gasteiger partial charge in [-0.1, -0.05) is 0 Å². The summed E-state index contributed by atoms with van der Waals surface area (Å²) in [7, 11) is 0. The minimum absolute atomic E-state index is 0.0560. The van der Waals surface area contributed by atoms with Crippen LogP contribution < -0.4 is 5.73 Å². The fraction of sp³-hybridized carbons (Fsp3) is 1.00. The number of hydrogen-bond donors (Lipinski definition) is 1. The number of rotatable bonds is 24. The molecule has 1 atom stereocenters. The second-order valence-corrected chi connectivity index (χ2v) is 6.74. The van der Waals surface area contributed by atoms with Crippen LogP contribution in [0.15, 0.2) is 0 Å². The SMILES string of the molecule is NCCOCCOCCOCCOCCOCCOCCOCCOC1CCCCO1. The average molecular weight is 454 g/mol. The van der Waals surface area contributed by atoms with Crippen LogP contribution in [-0.4, -0.2) is 119 Å². The fourth-order valence-electron chi connectivity index (χ4n) is 2.59. The molecule has 2 N–H and O–H groups in total. The molecule has 1 fully saturated rings. The van der Waals surface area contributed by atoms with E-state index in [0.29, 0.717) is 106 Å². The second-order valence-electron chi connectivity index (χ2n) is 6.74. The summed E-state index contributed by atoms with van der Waals surface area (Å²) in [6.07, 6.45) is 3.22. The maximum Gasteiger partial charge on any atom is 0.157 e. The lowest BCUT2D eigenvalue weighted by molar-refractivity contribution is -0.169. The van der Waals surface area contributed by atoms with E-state index in [1.165, 1.54) is 6.42 Å². The minimum Gasteiger partial charge on any atom is -0.378 e. The van der Waals surface area contributed by atoms with Gasteiger partial charge in [0, 0.05) is 13.2 Å². The highest BCUT2D eigenvalue weighted by Crippen LogP contribution is 2.13. The van der Waals surface area contributed by atoms with Crippen LogP contribution in [0.1, 0.15) is 19.3 Å². The van der Waals surface area contributed by atoms with Gasteiger partial charge < -0.3 is 48.4 Å². The molecular formula is C21H43NO9. The molecule has 0 aromatic heterocycles. The lowest BCUT2D eigenvalue weighted by Crippen LogP contribution is -2.24. The lowest BCUT2D eigenvalue weighted by Gasteiger charge is -2.22. The third-order valence-corrected chi connectivity index (χ3v) is 4.16. The zero-order valence-electron chi connectivity index (χ0n) is 19.0. The molecular weight excluding hydrogens is 410 g/mol. The molecule has 0 radical (unpaired) electrons. The topological polar surface area (TPSA) is 109 Å². The molecule has 1 saturated heterocycles. The summed E-state index contributed by atoms with van der Waals surface area (Å²) in [5.41, 5.74) is 5.31. The molecule has 1 heterocycles. The van der Waals surface area contributed by atoms with Gasteiger partial charge in [-0.05, 0) is 19.3 Å². The molecule has 1 aliphatic rings. The number of hydrogen-bond acceptors (Lipinski definition) is 10. The maximum atomic E-state index is 5.59. The van der Waals surface area contributed by atoms with E-state index in [-0.39, 0.29) is 6.29 Å². The van der Waals surface area contributed by atoms with Crippen molar-refractivity contribution in [3.05, 3.63) is 0 Å². The van der Waals surface area contributed by atoms with Crippen molar-refractivity contribution in [1.29, 1.82) is 0 Å². The first-order chi connectivity index (χ1) is 15.4. The normalized spacial score (nSPS) is 16.7. The molecule has 0 bridgehead atoms. The maximum absolute atomic E-state index is 5.59. The van der Waals surface area contributed by atoms with Crippen LogP contribution in [0.4, 0.5) is 0 Å². The summed E-state index contributed by atoms with van der Waals surface area (Å²) in [5.74, 6) is 0. The van der Waals surface area contributed by atoms with Gasteiger partial charge in [-0.25, -0.2) is 0 Å². The van der Waals surface area contributed by atoms with Crippen LogP contribution in [0, 0.1) is 0 Å². The van der Waals surface area contributed by atoms with Crippen molar-refractivity contribution in [2.75, 3.05) is 112 Å². The molecule has 0 amide bonds. The Morgan fingerprint density at radius 3 is 1.26 bits per heavy atom. The standard InChI is InChI=1S/C21H43NO9/c22-4-6-23-7-8-24-9-10-25-11-12-26-13-14-27-15-16-28-17-18-29-19-20-31-21-3-1-2-5-30-21/h21H,1-20,22H2. The van der Waals surface area contributed by atoms with Crippen molar-refractivity contribution >= 4 is 0 Å². The molecule has 1 rings (SSSR count). The molecule has 0 saturated carbocycles. The van der Waals surface area contributed by atoms with Gasteiger partial charge in [-0.3, -0.25) is 0 Å². The average Bonchev–Trinajstić information content (AvgIpc) is 2.80. The molecule has 1 unspecified atom stereocenters. The first-order valence-corrected chi connectivity index (χ1v) is 11.4. The predicted molar refractivity (Wildman–Crippen MR) is 114 cm³/mol. The lowest BCUT2D eigenvalue weighted by atomic mass is 10.2. The van der Waals surface area contributed by atoms with E-state index in [0.717, 1.165) is 19.4 Å². The van der Waals surface area contributed by atoms with E-state index < -0.39 is 0 Å². The monoisotopic (exact) mass is 453 g/mol. The van der Waals surface area contributed by atoms with Gasteiger partial charge in [0.1, 0.15) is 0 Å². The van der Waals surface area contributed by atoms with E-state index >= 15 is 0 Å². The minimum atomic E-state index is -0.0560. The Morgan fingerprint density at radius 2 is 0.903 bits per heavy atom. The van der Waals surface area contributed by atoms with Crippen LogP contribution in [-0.2, 0) is 42.6 Å². The summed E-state index contributed by atoms with van der Waals surface area (Å²) in [6.45, 7) is 9.51. The molecule has 0 aromatic carbocycles. The van der Waals surface area contributed by atoms with Crippen molar-refractivity contribution in [2.45, 2.75) is 25.6 Å². The molecule has 0 aromatic rings. The van der Waals surface area contributed by atoms with Crippen molar-refractivity contribution in [1.82, 2.24) is 0 Å². The molecule has 186 valence electrons. The third-order valence-electron chi connectivity index (χ3n) is 4.16. The van der Waals surface area contributed by atoms with Crippen molar-refractivity contribution in [2.24, 2.45) is 5.73 Å². The Bertz CT molecular complexity index is 347. The largest absolute Gasteiger partial charge is 0.378 e. The third kappa shape index (κ3) is 21.2. The zero-order chi connectivity index (χ0) is 22.1. The van der Waals surface area contributed by atoms with Gasteiger partial charge >= 0.3 is 0 Å². The van der Waals surface area contributed by atoms with Crippen molar-refractivity contribution < 1.29 is 42.6 Å². The van der Waals surface area contributed by atoms with Gasteiger partial charge in [0.2, 0.25) is 0 Å². The van der Waals surface area contributed by atoms with Crippen LogP contribution in [0.25, 0.3) is 0 Å². The highest BCUT2D eigenvalue weighted by atomic mass is 16.7. The van der Waals surface area contributed by atoms with Gasteiger partial charge in [0.15, 0.2) is 6.29 Å². The Balaban J connectivity index is 1.62. The van der Waals surface area contributed by atoms with Crippen molar-refractivity contribution in [3.63, 3.8) is 0 Å². The second kappa shape index (κ2) is 24.2. The molecule has 10 nitrogen and oxygen atoms in total. The Morgan fingerprint density at radius 1 is 0.516 bits per heavy atom. The Hall–Kier alpha value is -0.400. The van der Waals surface area contributed by atoms with E-state index in [1.807, 2.05) is 0 Å². The van der Waals surface area contributed by atoms with Crippen LogP contribution >= 0.6 is 0 Å². The summed E-state index contributed by atoms with van der Waals surface area (Å²) >= 11 is 0. The fourth-order valence-corrected chi connectivity index (χ4v) is 2.59. The van der Waals surface area contributed by atoms with Gasteiger partial charge in [0.25, 0.3) is 0 Å². The number of nitrogens with two attached hydrogens (primary N) is 1. The molecule has 31 heavy (non-hydrogen) atoms. The molecule has 0 aliphatic carbocycles. The van der Waals surface area contributed by atoms with E-state index in [9.17, 15) is 0 Å². The summed E-state index contributed by atoms with van der Waals surface area (Å²) in [5, 5.41) is 0. The molecule has 1 aliphatic heterocycles. The van der Waals surface area contributed by atoms with Gasteiger partial charge in [-0.15, -0.1) is 0 Å². The van der Waals surface area contributed by atoms with E-state index in [2.05, 4.69) is 0 Å².